The van der Waals surface area contributed by atoms with E-state index in [0.29, 0.717) is 18.4 Å². The Morgan fingerprint density at radius 2 is 2.07 bits per heavy atom. The van der Waals surface area contributed by atoms with Gasteiger partial charge in [-0.2, -0.15) is 9.37 Å². The first-order valence-electron chi connectivity index (χ1n) is 9.11. The lowest BCUT2D eigenvalue weighted by atomic mass is 9.97. The molecule has 1 N–H and O–H groups in total. The molecule has 0 amide bonds. The Hall–Kier alpha value is -2.96. The Morgan fingerprint density at radius 3 is 2.78 bits per heavy atom. The van der Waals surface area contributed by atoms with E-state index in [1.807, 2.05) is 18.2 Å². The van der Waals surface area contributed by atoms with Gasteiger partial charge in [-0.25, -0.2) is 9.97 Å². The van der Waals surface area contributed by atoms with Gasteiger partial charge in [0.25, 0.3) is 0 Å². The normalized spacial score (nSPS) is 14.3. The third-order valence-corrected chi connectivity index (χ3v) is 4.96. The highest BCUT2D eigenvalue weighted by molar-refractivity contribution is 5.92. The van der Waals surface area contributed by atoms with Crippen molar-refractivity contribution in [2.45, 2.75) is 19.9 Å². The Morgan fingerprint density at radius 1 is 1.22 bits per heavy atom. The van der Waals surface area contributed by atoms with Crippen LogP contribution in [0.25, 0.3) is 10.9 Å². The standard InChI is InChI=1S/C20H22FN5O/c1-3-13-11-26(12-13)19-16-8-15(27-2)5-6-17(16)24-20(25-19)23-10-14-4-7-18(21)22-9-14/h4-9,13H,3,10-12H2,1-2H3,(H,23,24,25). The molecule has 0 saturated carbocycles. The molecule has 3 heterocycles. The first-order valence-corrected chi connectivity index (χ1v) is 9.11. The van der Waals surface area contributed by atoms with Crippen LogP contribution in [-0.4, -0.2) is 35.2 Å². The average molecular weight is 367 g/mol. The second-order valence-corrected chi connectivity index (χ2v) is 6.78. The molecule has 0 radical (unpaired) electrons. The summed E-state index contributed by atoms with van der Waals surface area (Å²) >= 11 is 0. The zero-order chi connectivity index (χ0) is 18.8. The number of benzene rings is 1. The second kappa shape index (κ2) is 7.34. The number of methoxy groups -OCH3 is 1. The SMILES string of the molecule is CCC1CN(c2nc(NCc3ccc(F)nc3)nc3ccc(OC)cc23)C1. The lowest BCUT2D eigenvalue weighted by molar-refractivity contribution is 0.396. The molecule has 7 heteroatoms. The molecule has 140 valence electrons. The first kappa shape index (κ1) is 17.5. The lowest BCUT2D eigenvalue weighted by Gasteiger charge is -2.40. The molecule has 0 spiro atoms. The van der Waals surface area contributed by atoms with Crippen molar-refractivity contribution >= 4 is 22.7 Å². The smallest absolute Gasteiger partial charge is 0.225 e. The summed E-state index contributed by atoms with van der Waals surface area (Å²) in [4.78, 5) is 15.3. The quantitative estimate of drug-likeness (QED) is 0.671. The highest BCUT2D eigenvalue weighted by atomic mass is 19.1. The van der Waals surface area contributed by atoms with Crippen LogP contribution in [-0.2, 0) is 6.54 Å². The van der Waals surface area contributed by atoms with E-state index in [0.717, 1.165) is 41.1 Å². The van der Waals surface area contributed by atoms with Gasteiger partial charge in [-0.3, -0.25) is 0 Å². The minimum Gasteiger partial charge on any atom is -0.497 e. The van der Waals surface area contributed by atoms with Crippen molar-refractivity contribution in [1.82, 2.24) is 15.0 Å². The van der Waals surface area contributed by atoms with Gasteiger partial charge in [0.2, 0.25) is 11.9 Å². The number of aromatic nitrogens is 3. The number of rotatable bonds is 6. The number of pyridine rings is 1. The van der Waals surface area contributed by atoms with E-state index >= 15 is 0 Å². The monoisotopic (exact) mass is 367 g/mol. The van der Waals surface area contributed by atoms with E-state index in [-0.39, 0.29) is 0 Å². The van der Waals surface area contributed by atoms with E-state index in [9.17, 15) is 4.39 Å². The fourth-order valence-corrected chi connectivity index (χ4v) is 3.23. The number of nitrogens with one attached hydrogen (secondary N) is 1. The van der Waals surface area contributed by atoms with Gasteiger partial charge in [-0.05, 0) is 42.2 Å². The number of halogens is 1. The van der Waals surface area contributed by atoms with Gasteiger partial charge in [0.1, 0.15) is 11.6 Å². The molecular formula is C20H22FN5O. The highest BCUT2D eigenvalue weighted by Crippen LogP contribution is 2.33. The fourth-order valence-electron chi connectivity index (χ4n) is 3.23. The number of fused-ring (bicyclic) bond motifs is 1. The van der Waals surface area contributed by atoms with Crippen LogP contribution in [0.1, 0.15) is 18.9 Å². The van der Waals surface area contributed by atoms with Crippen molar-refractivity contribution in [3.8, 4) is 5.75 Å². The molecule has 27 heavy (non-hydrogen) atoms. The van der Waals surface area contributed by atoms with Gasteiger partial charge in [-0.15, -0.1) is 0 Å². The van der Waals surface area contributed by atoms with E-state index in [4.69, 9.17) is 9.72 Å². The molecule has 2 aromatic heterocycles. The number of hydrogen-bond acceptors (Lipinski definition) is 6. The average Bonchev–Trinajstić information content (AvgIpc) is 2.66. The summed E-state index contributed by atoms with van der Waals surface area (Å²) in [5, 5.41) is 4.21. The van der Waals surface area contributed by atoms with Crippen LogP contribution in [0, 0.1) is 11.9 Å². The van der Waals surface area contributed by atoms with E-state index in [1.54, 1.807) is 13.2 Å². The lowest BCUT2D eigenvalue weighted by Crippen LogP contribution is -2.47. The van der Waals surface area contributed by atoms with E-state index < -0.39 is 5.95 Å². The van der Waals surface area contributed by atoms with Crippen molar-refractivity contribution in [2.24, 2.45) is 5.92 Å². The molecule has 1 aromatic carbocycles. The second-order valence-electron chi connectivity index (χ2n) is 6.78. The summed E-state index contributed by atoms with van der Waals surface area (Å²) in [6.45, 7) is 4.70. The van der Waals surface area contributed by atoms with Crippen LogP contribution in [0.5, 0.6) is 5.75 Å². The number of hydrogen-bond donors (Lipinski definition) is 1. The topological polar surface area (TPSA) is 63.2 Å². The minimum absolute atomic E-state index is 0.478. The van der Waals surface area contributed by atoms with Crippen molar-refractivity contribution in [2.75, 3.05) is 30.4 Å². The first-order chi connectivity index (χ1) is 13.2. The zero-order valence-electron chi connectivity index (χ0n) is 15.4. The van der Waals surface area contributed by atoms with Crippen molar-refractivity contribution in [1.29, 1.82) is 0 Å². The predicted octanol–water partition coefficient (Wildman–Crippen LogP) is 3.63. The van der Waals surface area contributed by atoms with Crippen molar-refractivity contribution in [3.63, 3.8) is 0 Å². The molecular weight excluding hydrogens is 345 g/mol. The summed E-state index contributed by atoms with van der Waals surface area (Å²) in [5.41, 5.74) is 1.73. The van der Waals surface area contributed by atoms with Crippen LogP contribution >= 0.6 is 0 Å². The minimum atomic E-state index is -0.486. The molecule has 4 rings (SSSR count). The molecule has 1 saturated heterocycles. The van der Waals surface area contributed by atoms with Crippen LogP contribution in [0.3, 0.4) is 0 Å². The Bertz CT molecular complexity index is 941. The van der Waals surface area contributed by atoms with Crippen LogP contribution in [0.2, 0.25) is 0 Å². The number of nitrogens with zero attached hydrogens (tertiary/aromatic N) is 4. The Balaban J connectivity index is 1.63. The maximum Gasteiger partial charge on any atom is 0.225 e. The summed E-state index contributed by atoms with van der Waals surface area (Å²) in [7, 11) is 1.66. The summed E-state index contributed by atoms with van der Waals surface area (Å²) < 4.78 is 18.3. The van der Waals surface area contributed by atoms with Crippen LogP contribution in [0.4, 0.5) is 16.2 Å². The highest BCUT2D eigenvalue weighted by Gasteiger charge is 2.28. The molecule has 1 fully saturated rings. The molecule has 0 atom stereocenters. The van der Waals surface area contributed by atoms with Crippen molar-refractivity contribution in [3.05, 3.63) is 48.0 Å². The van der Waals surface area contributed by atoms with E-state index in [1.165, 1.54) is 18.7 Å². The number of anilines is 2. The van der Waals surface area contributed by atoms with E-state index in [2.05, 4.69) is 27.1 Å². The van der Waals surface area contributed by atoms with Crippen molar-refractivity contribution < 1.29 is 9.13 Å². The fraction of sp³-hybridized carbons (Fsp3) is 0.350. The molecule has 0 unspecified atom stereocenters. The molecule has 0 bridgehead atoms. The Labute approximate surface area is 157 Å². The molecule has 3 aromatic rings. The largest absolute Gasteiger partial charge is 0.497 e. The van der Waals surface area contributed by atoms with Gasteiger partial charge in [0.05, 0.1) is 12.6 Å². The molecule has 6 nitrogen and oxygen atoms in total. The maximum atomic E-state index is 13.0. The Kier molecular flexibility index (Phi) is 4.75. The van der Waals surface area contributed by atoms with Crippen LogP contribution in [0.15, 0.2) is 36.5 Å². The summed E-state index contributed by atoms with van der Waals surface area (Å²) in [6.07, 6.45) is 2.68. The predicted molar refractivity (Wildman–Crippen MR) is 104 cm³/mol. The molecule has 1 aliphatic heterocycles. The maximum absolute atomic E-state index is 13.0. The summed E-state index contributed by atoms with van der Waals surface area (Å²) in [5.74, 6) is 2.48. The van der Waals surface area contributed by atoms with Crippen LogP contribution < -0.4 is 15.0 Å². The molecule has 0 aliphatic carbocycles. The number of ether oxygens (including phenoxy) is 1. The van der Waals surface area contributed by atoms with Gasteiger partial charge >= 0.3 is 0 Å². The van der Waals surface area contributed by atoms with Gasteiger partial charge < -0.3 is 15.0 Å². The third kappa shape index (κ3) is 3.63. The van der Waals surface area contributed by atoms with Gasteiger partial charge in [0.15, 0.2) is 0 Å². The third-order valence-electron chi connectivity index (χ3n) is 4.96. The molecule has 1 aliphatic rings. The summed E-state index contributed by atoms with van der Waals surface area (Å²) in [6, 6.07) is 8.88. The zero-order valence-corrected chi connectivity index (χ0v) is 15.4. The van der Waals surface area contributed by atoms with Gasteiger partial charge in [-0.1, -0.05) is 13.0 Å². The van der Waals surface area contributed by atoms with Gasteiger partial charge in [0, 0.05) is 31.2 Å².